The normalized spacial score (nSPS) is 15.3. The van der Waals surface area contributed by atoms with Gasteiger partial charge in [0.2, 0.25) is 35.4 Å². The number of urea groups is 1. The van der Waals surface area contributed by atoms with Crippen LogP contribution < -0.4 is 42.0 Å². The summed E-state index contributed by atoms with van der Waals surface area (Å²) in [5.74, 6) is -2.13. The highest BCUT2D eigenvalue weighted by Gasteiger charge is 2.42. The highest BCUT2D eigenvalue weighted by molar-refractivity contribution is 8.00. The molecule has 0 saturated carbocycles. The summed E-state index contributed by atoms with van der Waals surface area (Å²) in [6.07, 6.45) is 32.3. The number of unbranched alkanes of at least 4 members (excludes halogenated alkanes) is 7. The molecule has 2 fully saturated rings. The number of allylic oxidation sites excluding steroid dienone is 8. The molecule has 8 amide bonds. The molecule has 2 heterocycles. The van der Waals surface area contributed by atoms with Crippen LogP contribution in [0.15, 0.2) is 121 Å². The van der Waals surface area contributed by atoms with E-state index < -0.39 is 48.1 Å². The summed E-state index contributed by atoms with van der Waals surface area (Å²) < 4.78 is 33.4. The Morgan fingerprint density at radius 1 is 0.575 bits per heavy atom. The number of ether oxygens (including phenoxy) is 6. The first kappa shape index (κ1) is 88.2. The maximum absolute atomic E-state index is 13.6. The summed E-state index contributed by atoms with van der Waals surface area (Å²) in [4.78, 5) is 117. The van der Waals surface area contributed by atoms with Crippen LogP contribution in [-0.4, -0.2) is 203 Å². The number of nitrogens with zero attached hydrogens (tertiary/aromatic N) is 1. The summed E-state index contributed by atoms with van der Waals surface area (Å²) in [7, 11) is 1.49. The Hall–Kier alpha value is -8.40. The number of carbonyl (C=O) groups excluding carboxylic acids is 8. The zero-order chi connectivity index (χ0) is 76.0. The number of fused-ring (bicyclic) bond motifs is 1. The van der Waals surface area contributed by atoms with E-state index in [0.717, 1.165) is 69.1 Å². The number of thioether (sulfide) groups is 1. The molecule has 2 aliphatic rings. The van der Waals surface area contributed by atoms with E-state index >= 15 is 0 Å². The fourth-order valence-corrected chi connectivity index (χ4v) is 13.2. The number of phenolic OH excluding ortho intramolecular Hbond substituents is 1. The number of nitrogens with one attached hydrogen (secondary N) is 7. The van der Waals surface area contributed by atoms with Gasteiger partial charge < -0.3 is 80.8 Å². The van der Waals surface area contributed by atoms with Crippen molar-refractivity contribution in [3.05, 3.63) is 144 Å². The maximum atomic E-state index is 13.6. The Morgan fingerprint density at radius 2 is 1.16 bits per heavy atom. The van der Waals surface area contributed by atoms with Gasteiger partial charge in [-0.3, -0.25) is 38.4 Å². The minimum absolute atomic E-state index is 0.0296. The summed E-state index contributed by atoms with van der Waals surface area (Å²) in [5, 5.41) is 39.4. The molecule has 584 valence electrons. The Labute approximate surface area is 630 Å². The zero-order valence-electron chi connectivity index (χ0n) is 62.2. The second kappa shape index (κ2) is 55.1. The summed E-state index contributed by atoms with van der Waals surface area (Å²) in [6.45, 7) is 5.79. The zero-order valence-corrected chi connectivity index (χ0v) is 63.0. The van der Waals surface area contributed by atoms with Crippen LogP contribution in [0.5, 0.6) is 11.5 Å². The van der Waals surface area contributed by atoms with Crippen molar-refractivity contribution in [2.75, 3.05) is 105 Å². The maximum Gasteiger partial charge on any atom is 0.315 e. The molecule has 106 heavy (non-hydrogen) atoms. The van der Waals surface area contributed by atoms with Gasteiger partial charge >= 0.3 is 12.0 Å². The fraction of sp³-hybridized carbons (Fsp3) is 0.562. The van der Waals surface area contributed by atoms with Crippen molar-refractivity contribution in [2.45, 2.75) is 184 Å². The molecule has 0 aliphatic carbocycles. The van der Waals surface area contributed by atoms with Crippen molar-refractivity contribution in [1.82, 2.24) is 42.1 Å². The number of phenols is 1. The van der Waals surface area contributed by atoms with Gasteiger partial charge in [0.15, 0.2) is 17.3 Å². The van der Waals surface area contributed by atoms with Crippen molar-refractivity contribution >= 4 is 65.0 Å². The lowest BCUT2D eigenvalue weighted by Gasteiger charge is -2.23. The van der Waals surface area contributed by atoms with E-state index in [-0.39, 0.29) is 112 Å². The van der Waals surface area contributed by atoms with Crippen molar-refractivity contribution in [3.63, 3.8) is 0 Å². The number of rotatable bonds is 60. The van der Waals surface area contributed by atoms with Gasteiger partial charge in [0.25, 0.3) is 0 Å². The van der Waals surface area contributed by atoms with Gasteiger partial charge in [-0.1, -0.05) is 142 Å². The third kappa shape index (κ3) is 38.7. The average molecular weight is 1490 g/mol. The Bertz CT molecular complexity index is 3210. The minimum atomic E-state index is -1.21. The molecule has 25 nitrogen and oxygen atoms in total. The molecule has 3 aromatic carbocycles. The highest BCUT2D eigenvalue weighted by Crippen LogP contribution is 2.33. The van der Waals surface area contributed by atoms with Gasteiger partial charge in [0.05, 0.1) is 71.9 Å². The third-order valence-electron chi connectivity index (χ3n) is 17.4. The fourth-order valence-electron chi connectivity index (χ4n) is 11.6. The van der Waals surface area contributed by atoms with E-state index in [9.17, 15) is 53.4 Å². The molecule has 5 rings (SSSR count). The molecular formula is C80H116N8O17S. The first-order valence-corrected chi connectivity index (χ1v) is 38.8. The first-order chi connectivity index (χ1) is 51.6. The Morgan fingerprint density at radius 3 is 1.82 bits per heavy atom. The molecule has 3 aromatic rings. The van der Waals surface area contributed by atoms with E-state index in [4.69, 9.17) is 28.4 Å². The van der Waals surface area contributed by atoms with Gasteiger partial charge in [-0.15, -0.1) is 0 Å². The molecule has 0 unspecified atom stereocenters. The van der Waals surface area contributed by atoms with Crippen molar-refractivity contribution in [3.8, 4) is 11.5 Å². The van der Waals surface area contributed by atoms with Crippen LogP contribution in [0.25, 0.3) is 0 Å². The molecule has 9 N–H and O–H groups in total. The predicted molar refractivity (Wildman–Crippen MR) is 409 cm³/mol. The van der Waals surface area contributed by atoms with Crippen LogP contribution >= 0.6 is 11.8 Å². The van der Waals surface area contributed by atoms with Crippen LogP contribution in [-0.2, 0) is 70.2 Å². The Kier molecular flexibility index (Phi) is 45.8. The largest absolute Gasteiger partial charge is 0.504 e. The summed E-state index contributed by atoms with van der Waals surface area (Å²) >= 11 is 1.79. The number of amides is 8. The first-order valence-electron chi connectivity index (χ1n) is 37.8. The number of carbonyl (C=O) groups is 9. The number of aliphatic carboxylic acids is 1. The second-order valence-electron chi connectivity index (χ2n) is 26.1. The average Bonchev–Trinajstić information content (AvgIpc) is 1.63. The summed E-state index contributed by atoms with van der Waals surface area (Å²) in [6, 6.07) is 18.7. The van der Waals surface area contributed by atoms with E-state index in [1.807, 2.05) is 11.0 Å². The number of carboxylic acids is 1. The number of hydrogen-bond acceptors (Lipinski definition) is 17. The smallest absolute Gasteiger partial charge is 0.315 e. The number of aromatic hydroxyl groups is 1. The second-order valence-corrected chi connectivity index (χ2v) is 27.3. The lowest BCUT2D eigenvalue weighted by Crippen LogP contribution is -2.49. The van der Waals surface area contributed by atoms with E-state index in [2.05, 4.69) is 92.7 Å². The van der Waals surface area contributed by atoms with Crippen LogP contribution in [0.3, 0.4) is 0 Å². The van der Waals surface area contributed by atoms with E-state index in [1.165, 1.54) is 26.4 Å². The van der Waals surface area contributed by atoms with Crippen LogP contribution in [0.2, 0.25) is 0 Å². The Balaban J connectivity index is 0.904. The van der Waals surface area contributed by atoms with Crippen molar-refractivity contribution in [2.24, 2.45) is 0 Å². The van der Waals surface area contributed by atoms with Crippen LogP contribution in [0.4, 0.5) is 4.79 Å². The predicted octanol–water partition coefficient (Wildman–Crippen LogP) is 9.29. The van der Waals surface area contributed by atoms with Crippen LogP contribution in [0.1, 0.15) is 169 Å². The molecule has 5 atom stereocenters. The molecule has 26 heteroatoms. The number of hydrogen-bond donors (Lipinski definition) is 9. The SMILES string of the molecule is CCCCC/C=C\C/C=C\C/C=C\C/C=C\CCCC(=O)N(CCCCCC(=O)NCCOCCOCC(=O)N[C@@H](Cc1ccc(C(=O)c2ccccc2)cc1)C(=O)NCCCOCCOCCOCCCNC(=O)[C@H](CC(=O)O)NC(=O)CCCC[C@@H]1SC[C@@H]2NC(=O)N[C@@H]21)Cc1ccc(O)c(OC)c1. The number of carboxylic acid groups (broad SMARTS) is 1. The van der Waals surface area contributed by atoms with E-state index in [0.29, 0.717) is 114 Å². The quantitative estimate of drug-likeness (QED) is 0.0110. The van der Waals surface area contributed by atoms with Gasteiger partial charge in [-0.2, -0.15) is 11.8 Å². The molecule has 0 radical (unpaired) electrons. The van der Waals surface area contributed by atoms with Gasteiger partial charge in [0, 0.05) is 93.8 Å². The monoisotopic (exact) mass is 1490 g/mol. The van der Waals surface area contributed by atoms with Crippen LogP contribution in [0, 0.1) is 0 Å². The molecular weight excluding hydrogens is 1380 g/mol. The number of methoxy groups -OCH3 is 1. The topological polar surface area (TPSA) is 337 Å². The van der Waals surface area contributed by atoms with Gasteiger partial charge in [-0.05, 0) is 107 Å². The van der Waals surface area contributed by atoms with Crippen molar-refractivity contribution in [1.29, 1.82) is 0 Å². The molecule has 0 spiro atoms. The van der Waals surface area contributed by atoms with Gasteiger partial charge in [0.1, 0.15) is 18.7 Å². The number of benzene rings is 3. The lowest BCUT2D eigenvalue weighted by molar-refractivity contribution is -0.140. The third-order valence-corrected chi connectivity index (χ3v) is 18.9. The standard InChI is InChI=1S/C80H116N8O17S/c1-3-4-5-6-7-8-9-10-11-12-13-14-15-16-17-18-24-35-74(93)88(58-62-38-41-68(89)69(56-62)100-2)45-27-20-23-33-71(90)81-44-48-103-53-54-105-59-73(92)85-65(55-61-36-39-64(40-37-61)77(96)63-30-21-19-22-31-63)78(97)82-42-28-46-101-49-51-104-52-50-102-47-29-43-83-79(98)66(57-75(94)95)84-72(91)34-26-25-32-70-76-67(60-106-70)86-80(99)87-76/h7-8,10-11,13-14,16-17,19,21-22,30-31,36-41,56,65-67,70,76,89H,3-6,9,12,15,18,20,23-29,32-35,42-55,57-60H2,1-2H3,(H,81,90)(H,82,97)(H,83,98)(H,84,91)(H,85,92)(H,94,95)(H2,86,87,99)/b8-7-,11-10-,14-13-,17-16-/t65-,66-,67-,70-,76-/m0/s1. The van der Waals surface area contributed by atoms with E-state index in [1.54, 1.807) is 78.5 Å². The lowest BCUT2D eigenvalue weighted by atomic mass is 9.99. The molecule has 2 aliphatic heterocycles. The van der Waals surface area contributed by atoms with Gasteiger partial charge in [-0.25, -0.2) is 4.79 Å². The summed E-state index contributed by atoms with van der Waals surface area (Å²) in [5.41, 5.74) is 2.58. The molecule has 0 bridgehead atoms. The molecule has 2 saturated heterocycles. The minimum Gasteiger partial charge on any atom is -0.504 e. The highest BCUT2D eigenvalue weighted by atomic mass is 32.2. The molecule has 0 aromatic heterocycles. The number of ketones is 1. The van der Waals surface area contributed by atoms with Crippen molar-refractivity contribution < 1.29 is 81.8 Å².